The molecule has 0 unspecified atom stereocenters. The highest BCUT2D eigenvalue weighted by Crippen LogP contribution is 2.58. The van der Waals surface area contributed by atoms with E-state index in [1.165, 1.54) is 66.8 Å². The number of benzene rings is 9. The van der Waals surface area contributed by atoms with Gasteiger partial charge in [0.15, 0.2) is 0 Å². The smallest absolute Gasteiger partial charge is 0.137 e. The second-order valence-electron chi connectivity index (χ2n) is 16.8. The maximum absolute atomic E-state index is 6.55. The lowest BCUT2D eigenvalue weighted by atomic mass is 9.67. The Hall–Kier alpha value is -7.42. The van der Waals surface area contributed by atoms with Gasteiger partial charge in [0, 0.05) is 22.2 Å². The molecule has 10 aromatic rings. The van der Waals surface area contributed by atoms with Gasteiger partial charge in [0.05, 0.1) is 16.5 Å². The third kappa shape index (κ3) is 4.82. The Morgan fingerprint density at radius 3 is 1.75 bits per heavy atom. The maximum atomic E-state index is 6.55. The average Bonchev–Trinajstić information content (AvgIpc) is 3.91. The first kappa shape index (κ1) is 34.6. The lowest BCUT2D eigenvalue weighted by Gasteiger charge is -2.35. The standard InChI is InChI=1S/C58H41NO/c1-57(2)49-29-12-9-25-45(49)47-28-16-27-43(56(47)57)38-18-15-23-41(36-38)59(52-31-17-33-54-55(52)48-26-11-14-32-53(48)60-54)42-34-35-46-44-24-10-13-30-50(44)58(51(46)37-42,39-19-5-3-6-20-39)40-21-7-4-8-22-40/h3-37H,1-2H3. The zero-order valence-corrected chi connectivity index (χ0v) is 33.6. The van der Waals surface area contributed by atoms with Crippen LogP contribution >= 0.6 is 0 Å². The van der Waals surface area contributed by atoms with Crippen molar-refractivity contribution in [3.63, 3.8) is 0 Å². The second kappa shape index (κ2) is 13.0. The van der Waals surface area contributed by atoms with Crippen molar-refractivity contribution in [2.45, 2.75) is 24.7 Å². The Balaban J connectivity index is 1.13. The van der Waals surface area contributed by atoms with Gasteiger partial charge >= 0.3 is 0 Å². The van der Waals surface area contributed by atoms with Crippen LogP contribution in [0.2, 0.25) is 0 Å². The van der Waals surface area contributed by atoms with Crippen LogP contribution in [0, 0.1) is 0 Å². The topological polar surface area (TPSA) is 16.4 Å². The molecule has 1 heterocycles. The van der Waals surface area contributed by atoms with E-state index in [0.717, 1.165) is 39.0 Å². The van der Waals surface area contributed by atoms with E-state index in [1.54, 1.807) is 0 Å². The maximum Gasteiger partial charge on any atom is 0.137 e. The first-order chi connectivity index (χ1) is 29.5. The molecule has 12 rings (SSSR count). The highest BCUT2D eigenvalue weighted by atomic mass is 16.3. The van der Waals surface area contributed by atoms with E-state index in [0.29, 0.717) is 0 Å². The Bertz CT molecular complexity index is 3260. The van der Waals surface area contributed by atoms with Gasteiger partial charge in [0.25, 0.3) is 0 Å². The zero-order valence-electron chi connectivity index (χ0n) is 33.6. The largest absolute Gasteiger partial charge is 0.456 e. The van der Waals surface area contributed by atoms with Crippen LogP contribution < -0.4 is 4.90 Å². The van der Waals surface area contributed by atoms with Crippen molar-refractivity contribution in [1.29, 1.82) is 0 Å². The normalized spacial score (nSPS) is 14.1. The van der Waals surface area contributed by atoms with Gasteiger partial charge in [-0.25, -0.2) is 0 Å². The number of hydrogen-bond donors (Lipinski definition) is 0. The number of rotatable bonds is 6. The summed E-state index contributed by atoms with van der Waals surface area (Å²) in [7, 11) is 0. The van der Waals surface area contributed by atoms with Crippen molar-refractivity contribution in [1.82, 2.24) is 0 Å². The summed E-state index contributed by atoms with van der Waals surface area (Å²) >= 11 is 0. The number of nitrogens with zero attached hydrogens (tertiary/aromatic N) is 1. The van der Waals surface area contributed by atoms with E-state index >= 15 is 0 Å². The van der Waals surface area contributed by atoms with Crippen molar-refractivity contribution < 1.29 is 4.42 Å². The minimum Gasteiger partial charge on any atom is -0.456 e. The summed E-state index contributed by atoms with van der Waals surface area (Å²) in [6, 6.07) is 78.0. The molecule has 2 aliphatic carbocycles. The first-order valence-corrected chi connectivity index (χ1v) is 20.9. The van der Waals surface area contributed by atoms with E-state index in [4.69, 9.17) is 4.42 Å². The Morgan fingerprint density at radius 1 is 0.400 bits per heavy atom. The second-order valence-corrected chi connectivity index (χ2v) is 16.8. The number of para-hydroxylation sites is 1. The third-order valence-corrected chi connectivity index (χ3v) is 13.3. The van der Waals surface area contributed by atoms with Gasteiger partial charge in [-0.3, -0.25) is 0 Å². The summed E-state index contributed by atoms with van der Waals surface area (Å²) in [4.78, 5) is 2.46. The van der Waals surface area contributed by atoms with Crippen molar-refractivity contribution in [3.8, 4) is 33.4 Å². The summed E-state index contributed by atoms with van der Waals surface area (Å²) in [5.74, 6) is 0. The molecule has 2 aliphatic rings. The first-order valence-electron chi connectivity index (χ1n) is 20.9. The Labute approximate surface area is 350 Å². The molecule has 0 saturated heterocycles. The van der Waals surface area contributed by atoms with Crippen molar-refractivity contribution in [2.24, 2.45) is 0 Å². The molecule has 0 amide bonds. The summed E-state index contributed by atoms with van der Waals surface area (Å²) in [6.07, 6.45) is 0. The van der Waals surface area contributed by atoms with E-state index < -0.39 is 5.41 Å². The molecule has 0 N–H and O–H groups in total. The molecule has 2 heteroatoms. The summed E-state index contributed by atoms with van der Waals surface area (Å²) in [5, 5.41) is 2.19. The summed E-state index contributed by atoms with van der Waals surface area (Å²) in [6.45, 7) is 4.74. The monoisotopic (exact) mass is 767 g/mol. The van der Waals surface area contributed by atoms with Gasteiger partial charge in [-0.05, 0) is 109 Å². The third-order valence-electron chi connectivity index (χ3n) is 13.3. The predicted molar refractivity (Wildman–Crippen MR) is 249 cm³/mol. The molecular weight excluding hydrogens is 727 g/mol. The van der Waals surface area contributed by atoms with E-state index in [1.807, 2.05) is 0 Å². The molecule has 0 radical (unpaired) electrons. The molecule has 284 valence electrons. The fourth-order valence-electron chi connectivity index (χ4n) is 10.8. The molecule has 2 nitrogen and oxygen atoms in total. The quantitative estimate of drug-likeness (QED) is 0.168. The van der Waals surface area contributed by atoms with Crippen LogP contribution in [0.3, 0.4) is 0 Å². The fraction of sp³-hybridized carbons (Fsp3) is 0.0690. The summed E-state index contributed by atoms with van der Waals surface area (Å²) in [5.41, 5.74) is 19.7. The lowest BCUT2D eigenvalue weighted by molar-refractivity contribution is 0.662. The van der Waals surface area contributed by atoms with Crippen molar-refractivity contribution >= 4 is 39.0 Å². The summed E-state index contributed by atoms with van der Waals surface area (Å²) < 4.78 is 6.55. The minimum absolute atomic E-state index is 0.146. The van der Waals surface area contributed by atoms with Crippen LogP contribution in [0.1, 0.15) is 47.2 Å². The Kier molecular flexibility index (Phi) is 7.52. The van der Waals surface area contributed by atoms with Gasteiger partial charge in [0.1, 0.15) is 11.2 Å². The van der Waals surface area contributed by atoms with Crippen LogP contribution in [0.4, 0.5) is 17.1 Å². The lowest BCUT2D eigenvalue weighted by Crippen LogP contribution is -2.28. The molecule has 0 atom stereocenters. The fourth-order valence-corrected chi connectivity index (χ4v) is 10.8. The highest BCUT2D eigenvalue weighted by molar-refractivity contribution is 6.13. The highest BCUT2D eigenvalue weighted by Gasteiger charge is 2.46. The molecule has 60 heavy (non-hydrogen) atoms. The van der Waals surface area contributed by atoms with Gasteiger partial charge in [-0.1, -0.05) is 184 Å². The average molecular weight is 768 g/mol. The molecule has 1 aromatic heterocycles. The number of hydrogen-bond acceptors (Lipinski definition) is 2. The number of fused-ring (bicyclic) bond motifs is 9. The molecular formula is C58H41NO. The number of anilines is 3. The van der Waals surface area contributed by atoms with E-state index in [9.17, 15) is 0 Å². The molecule has 0 bridgehead atoms. The van der Waals surface area contributed by atoms with Crippen molar-refractivity contribution in [3.05, 3.63) is 246 Å². The van der Waals surface area contributed by atoms with Crippen LogP contribution in [0.25, 0.3) is 55.3 Å². The van der Waals surface area contributed by atoms with Gasteiger partial charge in [-0.15, -0.1) is 0 Å². The molecule has 0 spiro atoms. The minimum atomic E-state index is -0.530. The zero-order chi connectivity index (χ0) is 40.0. The van der Waals surface area contributed by atoms with Crippen LogP contribution in [0.15, 0.2) is 217 Å². The predicted octanol–water partition coefficient (Wildman–Crippen LogP) is 15.4. The van der Waals surface area contributed by atoms with Gasteiger partial charge in [0.2, 0.25) is 0 Å². The molecule has 9 aromatic carbocycles. The molecule has 0 fully saturated rings. The molecule has 0 aliphatic heterocycles. The molecule has 0 saturated carbocycles. The van der Waals surface area contributed by atoms with Gasteiger partial charge in [-0.2, -0.15) is 0 Å². The van der Waals surface area contributed by atoms with Crippen LogP contribution in [0.5, 0.6) is 0 Å². The van der Waals surface area contributed by atoms with E-state index in [-0.39, 0.29) is 5.41 Å². The number of furan rings is 1. The van der Waals surface area contributed by atoms with E-state index in [2.05, 4.69) is 231 Å². The van der Waals surface area contributed by atoms with Crippen LogP contribution in [-0.4, -0.2) is 0 Å². The van der Waals surface area contributed by atoms with Crippen LogP contribution in [-0.2, 0) is 10.8 Å². The SMILES string of the molecule is CC1(C)c2ccccc2-c2cccc(-c3cccc(N(c4ccc5c(c4)C(c4ccccc4)(c4ccccc4)c4ccccc4-5)c4cccc5oc6ccccc6c45)c3)c21. The Morgan fingerprint density at radius 2 is 0.967 bits per heavy atom. The van der Waals surface area contributed by atoms with Crippen molar-refractivity contribution in [2.75, 3.05) is 4.90 Å². The van der Waals surface area contributed by atoms with Gasteiger partial charge < -0.3 is 9.32 Å².